The van der Waals surface area contributed by atoms with Crippen LogP contribution in [0.15, 0.2) is 59.3 Å². The number of furan rings is 1. The number of amides is 3. The number of hydrogen-bond acceptors (Lipinski definition) is 9. The predicted molar refractivity (Wildman–Crippen MR) is 133 cm³/mol. The zero-order valence-electron chi connectivity index (χ0n) is 19.3. The van der Waals surface area contributed by atoms with Crippen LogP contribution in [0.5, 0.6) is 0 Å². The summed E-state index contributed by atoms with van der Waals surface area (Å²) in [6.07, 6.45) is 3.15. The van der Waals surface area contributed by atoms with E-state index in [9.17, 15) is 14.4 Å². The second kappa shape index (κ2) is 11.0. The number of hydrogen-bond donors (Lipinski definition) is 3. The van der Waals surface area contributed by atoms with Gasteiger partial charge in [-0.25, -0.2) is 0 Å². The van der Waals surface area contributed by atoms with Crippen molar-refractivity contribution in [3.8, 4) is 0 Å². The Labute approximate surface area is 210 Å². The minimum atomic E-state index is -1.08. The summed E-state index contributed by atoms with van der Waals surface area (Å²) >= 11 is 0.743. The van der Waals surface area contributed by atoms with Gasteiger partial charge in [-0.1, -0.05) is 12.1 Å². The normalized spacial score (nSPS) is 11.8. The van der Waals surface area contributed by atoms with E-state index in [0.717, 1.165) is 22.4 Å². The highest BCUT2D eigenvalue weighted by Crippen LogP contribution is 2.31. The Kier molecular flexibility index (Phi) is 7.56. The summed E-state index contributed by atoms with van der Waals surface area (Å²) in [6.45, 7) is 0.469. The first-order chi connectivity index (χ1) is 17.4. The minimum Gasteiger partial charge on any atom is -0.467 e. The molecule has 0 saturated carbocycles. The molecule has 3 heterocycles. The molecule has 0 radical (unpaired) electrons. The molecule has 1 atom stereocenters. The van der Waals surface area contributed by atoms with Gasteiger partial charge in [0.25, 0.3) is 11.8 Å². The van der Waals surface area contributed by atoms with Crippen molar-refractivity contribution < 1.29 is 23.5 Å². The molecule has 36 heavy (non-hydrogen) atoms. The maximum atomic E-state index is 13.8. The van der Waals surface area contributed by atoms with Crippen LogP contribution in [0.25, 0.3) is 10.9 Å². The molecule has 0 spiro atoms. The number of rotatable bonds is 10. The number of anilines is 1. The first-order valence-corrected chi connectivity index (χ1v) is 11.7. The van der Waals surface area contributed by atoms with Gasteiger partial charge in [-0.2, -0.15) is 4.37 Å². The van der Waals surface area contributed by atoms with Crippen LogP contribution in [-0.4, -0.2) is 52.2 Å². The molecule has 3 aromatic heterocycles. The molecule has 186 valence electrons. The molecular weight excluding hydrogens is 484 g/mol. The van der Waals surface area contributed by atoms with Crippen LogP contribution in [0.1, 0.15) is 37.5 Å². The van der Waals surface area contributed by atoms with Gasteiger partial charge in [-0.05, 0) is 47.4 Å². The third-order valence-electron chi connectivity index (χ3n) is 5.43. The van der Waals surface area contributed by atoms with Crippen LogP contribution in [-0.2, 0) is 16.1 Å². The smallest absolute Gasteiger partial charge is 0.270 e. The molecule has 1 aromatic carbocycles. The Bertz CT molecular complexity index is 1390. The number of pyridine rings is 1. The van der Waals surface area contributed by atoms with Gasteiger partial charge in [-0.15, -0.1) is 0 Å². The molecule has 0 aliphatic carbocycles. The second-order valence-electron chi connectivity index (χ2n) is 7.79. The van der Waals surface area contributed by atoms with E-state index in [1.54, 1.807) is 42.6 Å². The summed E-state index contributed by atoms with van der Waals surface area (Å²) in [5, 5.41) is 3.61. The molecule has 4 rings (SSSR count). The Hall–Kier alpha value is -4.29. The van der Waals surface area contributed by atoms with E-state index >= 15 is 0 Å². The maximum absolute atomic E-state index is 13.8. The van der Waals surface area contributed by atoms with Crippen LogP contribution in [0, 0.1) is 0 Å². The van der Waals surface area contributed by atoms with Gasteiger partial charge in [0.1, 0.15) is 16.7 Å². The van der Waals surface area contributed by atoms with Crippen molar-refractivity contribution in [1.29, 1.82) is 0 Å². The molecule has 11 nitrogen and oxygen atoms in total. The fourth-order valence-corrected chi connectivity index (χ4v) is 4.48. The summed E-state index contributed by atoms with van der Waals surface area (Å²) in [6, 6.07) is 11.3. The Morgan fingerprint density at radius 3 is 2.75 bits per heavy atom. The van der Waals surface area contributed by atoms with Crippen molar-refractivity contribution in [2.75, 3.05) is 26.0 Å². The molecule has 4 aromatic rings. The van der Waals surface area contributed by atoms with Gasteiger partial charge in [0.15, 0.2) is 5.69 Å². The first kappa shape index (κ1) is 24.8. The van der Waals surface area contributed by atoms with Gasteiger partial charge < -0.3 is 30.8 Å². The standard InChI is InChI=1S/C24H24N6O5S/c1-34-11-9-28-23(32)20(15-6-7-17-14(12-15)4-2-8-27-17)30(13-16-5-3-10-35-16)24(33)21-18(25)19(22(26)31)29-36-21/h2-8,10,12,20H,9,11,13,25H2,1H3,(H2,26,31)(H,28,32)/t20-/m1/s1. The minimum absolute atomic E-state index is 0.00694. The van der Waals surface area contributed by atoms with E-state index in [-0.39, 0.29) is 36.0 Å². The predicted octanol–water partition coefficient (Wildman–Crippen LogP) is 2.11. The van der Waals surface area contributed by atoms with Crippen molar-refractivity contribution in [2.45, 2.75) is 12.6 Å². The van der Waals surface area contributed by atoms with Gasteiger partial charge in [0.05, 0.1) is 30.6 Å². The van der Waals surface area contributed by atoms with E-state index in [0.29, 0.717) is 11.3 Å². The van der Waals surface area contributed by atoms with Gasteiger partial charge in [-0.3, -0.25) is 19.4 Å². The largest absolute Gasteiger partial charge is 0.467 e. The van der Waals surface area contributed by atoms with E-state index in [1.165, 1.54) is 18.3 Å². The number of ether oxygens (including phenoxy) is 1. The summed E-state index contributed by atoms with van der Waals surface area (Å²) in [7, 11) is 1.52. The Balaban J connectivity index is 1.82. The molecule has 3 amide bonds. The molecule has 0 aliphatic rings. The van der Waals surface area contributed by atoms with Crippen molar-refractivity contribution in [1.82, 2.24) is 19.6 Å². The fraction of sp³-hybridized carbons (Fsp3) is 0.208. The van der Waals surface area contributed by atoms with Crippen LogP contribution < -0.4 is 16.8 Å². The number of nitrogens with two attached hydrogens (primary N) is 2. The average Bonchev–Trinajstić information content (AvgIpc) is 3.53. The summed E-state index contributed by atoms with van der Waals surface area (Å²) in [5.41, 5.74) is 12.3. The maximum Gasteiger partial charge on any atom is 0.270 e. The number of nitrogen functional groups attached to an aromatic ring is 1. The number of carbonyl (C=O) groups is 3. The van der Waals surface area contributed by atoms with Crippen molar-refractivity contribution >= 4 is 45.8 Å². The fourth-order valence-electron chi connectivity index (χ4n) is 3.72. The molecule has 5 N–H and O–H groups in total. The van der Waals surface area contributed by atoms with Crippen LogP contribution >= 0.6 is 11.5 Å². The van der Waals surface area contributed by atoms with E-state index in [4.69, 9.17) is 20.6 Å². The van der Waals surface area contributed by atoms with Crippen molar-refractivity contribution in [2.24, 2.45) is 5.73 Å². The lowest BCUT2D eigenvalue weighted by atomic mass is 10.0. The van der Waals surface area contributed by atoms with Crippen LogP contribution in [0.2, 0.25) is 0 Å². The summed E-state index contributed by atoms with van der Waals surface area (Å²) in [5.74, 6) is -1.45. The SMILES string of the molecule is COCCNC(=O)[C@@H](c1ccc2ncccc2c1)N(Cc1ccco1)C(=O)c1snc(C(N)=O)c1N. The molecule has 0 aliphatic heterocycles. The number of nitrogens with zero attached hydrogens (tertiary/aromatic N) is 3. The number of aromatic nitrogens is 2. The quantitative estimate of drug-likeness (QED) is 0.274. The molecule has 0 saturated heterocycles. The monoisotopic (exact) mass is 508 g/mol. The third kappa shape index (κ3) is 5.19. The van der Waals surface area contributed by atoms with E-state index in [1.807, 2.05) is 6.07 Å². The lowest BCUT2D eigenvalue weighted by molar-refractivity contribution is -0.126. The zero-order valence-corrected chi connectivity index (χ0v) is 20.2. The van der Waals surface area contributed by atoms with E-state index in [2.05, 4.69) is 14.7 Å². The first-order valence-electron chi connectivity index (χ1n) is 10.9. The summed E-state index contributed by atoms with van der Waals surface area (Å²) in [4.78, 5) is 44.7. The van der Waals surface area contributed by atoms with Crippen molar-refractivity contribution in [3.63, 3.8) is 0 Å². The number of carbonyl (C=O) groups excluding carboxylic acids is 3. The highest BCUT2D eigenvalue weighted by Gasteiger charge is 2.35. The Morgan fingerprint density at radius 2 is 2.06 bits per heavy atom. The lowest BCUT2D eigenvalue weighted by Gasteiger charge is -2.30. The third-order valence-corrected chi connectivity index (χ3v) is 6.28. The number of benzene rings is 1. The van der Waals surface area contributed by atoms with Gasteiger partial charge in [0.2, 0.25) is 5.91 Å². The van der Waals surface area contributed by atoms with Gasteiger partial charge in [0, 0.05) is 25.2 Å². The topological polar surface area (TPSA) is 167 Å². The number of primary amides is 1. The molecule has 0 unspecified atom stereocenters. The molecular formula is C24H24N6O5S. The zero-order chi connectivity index (χ0) is 25.7. The highest BCUT2D eigenvalue weighted by molar-refractivity contribution is 7.09. The number of fused-ring (bicyclic) bond motifs is 1. The highest BCUT2D eigenvalue weighted by atomic mass is 32.1. The lowest BCUT2D eigenvalue weighted by Crippen LogP contribution is -2.44. The van der Waals surface area contributed by atoms with Crippen LogP contribution in [0.3, 0.4) is 0 Å². The number of methoxy groups -OCH3 is 1. The average molecular weight is 509 g/mol. The molecule has 0 bridgehead atoms. The number of nitrogens with one attached hydrogen (secondary N) is 1. The second-order valence-corrected chi connectivity index (χ2v) is 8.57. The van der Waals surface area contributed by atoms with Gasteiger partial charge >= 0.3 is 0 Å². The van der Waals surface area contributed by atoms with Crippen molar-refractivity contribution in [3.05, 3.63) is 76.8 Å². The molecule has 0 fully saturated rings. The van der Waals surface area contributed by atoms with Crippen LogP contribution in [0.4, 0.5) is 5.69 Å². The Morgan fingerprint density at radius 1 is 1.22 bits per heavy atom. The summed E-state index contributed by atoms with van der Waals surface area (Å²) < 4.78 is 14.5. The molecule has 12 heteroatoms. The van der Waals surface area contributed by atoms with E-state index < -0.39 is 23.8 Å².